The highest BCUT2D eigenvalue weighted by molar-refractivity contribution is 6.31. The van der Waals surface area contributed by atoms with E-state index in [2.05, 4.69) is 10.3 Å². The van der Waals surface area contributed by atoms with Crippen LogP contribution in [-0.2, 0) is 0 Å². The van der Waals surface area contributed by atoms with Crippen LogP contribution in [0.15, 0.2) is 30.3 Å². The summed E-state index contributed by atoms with van der Waals surface area (Å²) in [5, 5.41) is 3.51. The quantitative estimate of drug-likeness (QED) is 0.648. The molecule has 0 unspecified atom stereocenters. The second kappa shape index (κ2) is 5.62. The normalized spacial score (nSPS) is 11.0. The summed E-state index contributed by atoms with van der Waals surface area (Å²) in [4.78, 5) is 15.2. The van der Waals surface area contributed by atoms with Crippen molar-refractivity contribution in [3.63, 3.8) is 0 Å². The fourth-order valence-electron chi connectivity index (χ4n) is 2.34. The van der Waals surface area contributed by atoms with E-state index in [9.17, 15) is 18.0 Å². The smallest absolute Gasteiger partial charge is 0.272 e. The Hall–Kier alpha value is -2.47. The first-order valence-corrected chi connectivity index (χ1v) is 6.99. The number of H-pyrrole nitrogens is 1. The molecule has 2 aromatic carbocycles. The highest BCUT2D eigenvalue weighted by Crippen LogP contribution is 2.26. The Morgan fingerprint density at radius 3 is 2.61 bits per heavy atom. The van der Waals surface area contributed by atoms with E-state index in [-0.39, 0.29) is 5.69 Å². The van der Waals surface area contributed by atoms with Gasteiger partial charge in [-0.3, -0.25) is 4.79 Å². The average Bonchev–Trinajstić information content (AvgIpc) is 2.84. The van der Waals surface area contributed by atoms with E-state index in [0.29, 0.717) is 16.1 Å². The molecule has 3 nitrogen and oxygen atoms in total. The first kappa shape index (κ1) is 15.4. The summed E-state index contributed by atoms with van der Waals surface area (Å²) >= 11 is 5.90. The molecular formula is C16H10ClF3N2O. The first-order chi connectivity index (χ1) is 10.9. The average molecular weight is 339 g/mol. The van der Waals surface area contributed by atoms with Crippen molar-refractivity contribution in [1.82, 2.24) is 4.98 Å². The molecular weight excluding hydrogens is 329 g/mol. The summed E-state index contributed by atoms with van der Waals surface area (Å²) in [5.74, 6) is -5.07. The molecule has 1 amide bonds. The highest BCUT2D eigenvalue weighted by atomic mass is 35.5. The van der Waals surface area contributed by atoms with E-state index >= 15 is 0 Å². The van der Waals surface area contributed by atoms with Crippen LogP contribution in [0.3, 0.4) is 0 Å². The van der Waals surface area contributed by atoms with E-state index < -0.39 is 29.0 Å². The largest absolute Gasteiger partial charge is 0.350 e. The number of nitrogens with one attached hydrogen (secondary N) is 2. The molecule has 0 bridgehead atoms. The maximum atomic E-state index is 13.6. The van der Waals surface area contributed by atoms with Crippen molar-refractivity contribution in [1.29, 1.82) is 0 Å². The molecule has 1 aromatic heterocycles. The summed E-state index contributed by atoms with van der Waals surface area (Å²) in [6.45, 7) is 1.71. The lowest BCUT2D eigenvalue weighted by molar-refractivity contribution is 0.102. The van der Waals surface area contributed by atoms with Crippen molar-refractivity contribution in [3.05, 3.63) is 64.1 Å². The number of amides is 1. The Kier molecular flexibility index (Phi) is 3.77. The van der Waals surface area contributed by atoms with Gasteiger partial charge in [0.05, 0.1) is 5.69 Å². The van der Waals surface area contributed by atoms with Crippen LogP contribution in [0.5, 0.6) is 0 Å². The van der Waals surface area contributed by atoms with Gasteiger partial charge in [-0.05, 0) is 36.8 Å². The summed E-state index contributed by atoms with van der Waals surface area (Å²) in [7, 11) is 0. The number of aromatic nitrogens is 1. The second-order valence-electron chi connectivity index (χ2n) is 4.99. The predicted octanol–water partition coefficient (Wildman–Crippen LogP) is 4.80. The number of hydrogen-bond acceptors (Lipinski definition) is 1. The highest BCUT2D eigenvalue weighted by Gasteiger charge is 2.19. The molecule has 3 rings (SSSR count). The number of hydrogen-bond donors (Lipinski definition) is 2. The minimum Gasteiger partial charge on any atom is -0.350 e. The Labute approximate surface area is 134 Å². The lowest BCUT2D eigenvalue weighted by atomic mass is 10.1. The second-order valence-corrected chi connectivity index (χ2v) is 5.43. The fourth-order valence-corrected chi connectivity index (χ4v) is 2.52. The van der Waals surface area contributed by atoms with Gasteiger partial charge in [0, 0.05) is 15.9 Å². The van der Waals surface area contributed by atoms with Crippen molar-refractivity contribution in [2.45, 2.75) is 6.92 Å². The maximum Gasteiger partial charge on any atom is 0.272 e. The summed E-state index contributed by atoms with van der Waals surface area (Å²) < 4.78 is 39.8. The number of aromatic amines is 1. The van der Waals surface area contributed by atoms with Gasteiger partial charge in [-0.25, -0.2) is 13.2 Å². The third kappa shape index (κ3) is 2.66. The molecule has 0 aliphatic heterocycles. The Balaban J connectivity index is 1.98. The van der Waals surface area contributed by atoms with Crippen LogP contribution in [0, 0.1) is 24.4 Å². The summed E-state index contributed by atoms with van der Waals surface area (Å²) in [5.41, 5.74) is 1.03. The van der Waals surface area contributed by atoms with Gasteiger partial charge in [0.25, 0.3) is 5.91 Å². The topological polar surface area (TPSA) is 44.9 Å². The van der Waals surface area contributed by atoms with Crippen molar-refractivity contribution < 1.29 is 18.0 Å². The number of carbonyl (C=O) groups excluding carboxylic acids is 1. The zero-order chi connectivity index (χ0) is 16.7. The zero-order valence-electron chi connectivity index (χ0n) is 11.8. The minimum atomic E-state index is -1.64. The van der Waals surface area contributed by atoms with Gasteiger partial charge in [0.1, 0.15) is 5.69 Å². The van der Waals surface area contributed by atoms with Crippen LogP contribution < -0.4 is 5.32 Å². The van der Waals surface area contributed by atoms with Crippen molar-refractivity contribution in [2.24, 2.45) is 0 Å². The van der Waals surface area contributed by atoms with Crippen molar-refractivity contribution in [3.8, 4) is 0 Å². The molecule has 2 N–H and O–H groups in total. The molecule has 0 spiro atoms. The van der Waals surface area contributed by atoms with E-state index in [0.717, 1.165) is 17.5 Å². The van der Waals surface area contributed by atoms with Gasteiger partial charge in [0.2, 0.25) is 0 Å². The molecule has 7 heteroatoms. The minimum absolute atomic E-state index is 0.186. The standard InChI is InChI=1S/C16H10ClF3N2O/c1-7-9-3-2-8(17)6-12(9)21-15(7)16(23)22-11-5-4-10(18)13(19)14(11)20/h2-6,21H,1H3,(H,22,23). The van der Waals surface area contributed by atoms with Crippen LogP contribution >= 0.6 is 11.6 Å². The zero-order valence-corrected chi connectivity index (χ0v) is 12.6. The molecule has 0 aliphatic rings. The molecule has 1 heterocycles. The molecule has 0 saturated carbocycles. The van der Waals surface area contributed by atoms with E-state index in [1.807, 2.05) is 0 Å². The van der Waals surface area contributed by atoms with E-state index in [4.69, 9.17) is 11.6 Å². The molecule has 0 fully saturated rings. The van der Waals surface area contributed by atoms with Gasteiger partial charge in [-0.1, -0.05) is 17.7 Å². The number of benzene rings is 2. The van der Waals surface area contributed by atoms with Crippen LogP contribution in [0.2, 0.25) is 5.02 Å². The van der Waals surface area contributed by atoms with Crippen LogP contribution in [0.4, 0.5) is 18.9 Å². The third-order valence-electron chi connectivity index (χ3n) is 3.53. The number of anilines is 1. The van der Waals surface area contributed by atoms with E-state index in [1.165, 1.54) is 0 Å². The fraction of sp³-hybridized carbons (Fsp3) is 0.0625. The lowest BCUT2D eigenvalue weighted by Crippen LogP contribution is -2.15. The van der Waals surface area contributed by atoms with Gasteiger partial charge in [0.15, 0.2) is 17.5 Å². The molecule has 23 heavy (non-hydrogen) atoms. The van der Waals surface area contributed by atoms with Crippen LogP contribution in [-0.4, -0.2) is 10.9 Å². The molecule has 0 radical (unpaired) electrons. The molecule has 3 aromatic rings. The lowest BCUT2D eigenvalue weighted by Gasteiger charge is -2.07. The third-order valence-corrected chi connectivity index (χ3v) is 3.77. The maximum absolute atomic E-state index is 13.6. The molecule has 118 valence electrons. The van der Waals surface area contributed by atoms with E-state index in [1.54, 1.807) is 25.1 Å². The number of fused-ring (bicyclic) bond motifs is 1. The number of aryl methyl sites for hydroxylation is 1. The summed E-state index contributed by atoms with van der Waals surface area (Å²) in [6, 6.07) is 6.78. The molecule has 0 atom stereocenters. The van der Waals surface area contributed by atoms with Gasteiger partial charge < -0.3 is 10.3 Å². The van der Waals surface area contributed by atoms with Crippen molar-refractivity contribution >= 4 is 34.1 Å². The Morgan fingerprint density at radius 2 is 1.87 bits per heavy atom. The summed E-state index contributed by atoms with van der Waals surface area (Å²) in [6.07, 6.45) is 0. The molecule has 0 aliphatic carbocycles. The van der Waals surface area contributed by atoms with Gasteiger partial charge in [-0.15, -0.1) is 0 Å². The molecule has 0 saturated heterocycles. The Bertz CT molecular complexity index is 937. The number of carbonyl (C=O) groups is 1. The van der Waals surface area contributed by atoms with Crippen LogP contribution in [0.1, 0.15) is 16.1 Å². The first-order valence-electron chi connectivity index (χ1n) is 6.61. The van der Waals surface area contributed by atoms with Crippen LogP contribution in [0.25, 0.3) is 10.9 Å². The Morgan fingerprint density at radius 1 is 1.13 bits per heavy atom. The monoisotopic (exact) mass is 338 g/mol. The SMILES string of the molecule is Cc1c(C(=O)Nc2ccc(F)c(F)c2F)[nH]c2cc(Cl)ccc12. The van der Waals surface area contributed by atoms with Crippen molar-refractivity contribution in [2.75, 3.05) is 5.32 Å². The predicted molar refractivity (Wildman–Crippen MR) is 82.3 cm³/mol. The van der Waals surface area contributed by atoms with Gasteiger partial charge >= 0.3 is 0 Å². The number of rotatable bonds is 2. The number of halogens is 4. The van der Waals surface area contributed by atoms with Gasteiger partial charge in [-0.2, -0.15) is 0 Å².